The molecule has 0 fully saturated rings. The molecular formula is C19H29N5O6. The van der Waals surface area contributed by atoms with Crippen LogP contribution in [0.5, 0.6) is 5.75 Å². The van der Waals surface area contributed by atoms with Crippen LogP contribution in [-0.4, -0.2) is 65.6 Å². The third-order valence-electron chi connectivity index (χ3n) is 4.21. The normalized spacial score (nSPS) is 12.5. The lowest BCUT2D eigenvalue weighted by atomic mass is 10.0. The molecule has 0 aromatic heterocycles. The van der Waals surface area contributed by atoms with Crippen LogP contribution >= 0.6 is 0 Å². The fourth-order valence-corrected chi connectivity index (χ4v) is 2.65. The second-order valence-electron chi connectivity index (χ2n) is 6.65. The minimum absolute atomic E-state index is 0.0409. The van der Waals surface area contributed by atoms with Crippen LogP contribution in [0.4, 0.5) is 0 Å². The number of aromatic hydroxyl groups is 1. The van der Waals surface area contributed by atoms with Gasteiger partial charge in [0.05, 0.1) is 6.54 Å². The van der Waals surface area contributed by atoms with Crippen LogP contribution in [0.15, 0.2) is 24.3 Å². The highest BCUT2D eigenvalue weighted by Gasteiger charge is 2.27. The van der Waals surface area contributed by atoms with Gasteiger partial charge >= 0.3 is 5.97 Å². The topological polar surface area (TPSA) is 197 Å². The summed E-state index contributed by atoms with van der Waals surface area (Å²) in [5, 5.41) is 25.5. The van der Waals surface area contributed by atoms with E-state index in [1.165, 1.54) is 12.1 Å². The maximum absolute atomic E-state index is 12.8. The van der Waals surface area contributed by atoms with Crippen molar-refractivity contribution in [1.82, 2.24) is 16.0 Å². The Bertz CT molecular complexity index is 725. The summed E-state index contributed by atoms with van der Waals surface area (Å²) >= 11 is 0. The standard InChI is InChI=1S/C19H29N5O6/c20-8-2-1-3-14(23-16(26)10-21)19(30)24-15(18(29)22-11-17(27)28)9-12-4-6-13(25)7-5-12/h4-7,14-15,25H,1-3,8-11,20-21H2,(H,22,29)(H,23,26)(H,24,30)(H,27,28)/t14-,15-/m0/s1. The lowest BCUT2D eigenvalue weighted by Gasteiger charge is -2.23. The van der Waals surface area contributed by atoms with Crippen molar-refractivity contribution >= 4 is 23.7 Å². The van der Waals surface area contributed by atoms with Crippen LogP contribution in [0.2, 0.25) is 0 Å². The monoisotopic (exact) mass is 423 g/mol. The van der Waals surface area contributed by atoms with Crippen molar-refractivity contribution in [3.63, 3.8) is 0 Å². The summed E-state index contributed by atoms with van der Waals surface area (Å²) in [7, 11) is 0. The average Bonchev–Trinajstić information content (AvgIpc) is 2.72. The van der Waals surface area contributed by atoms with E-state index in [4.69, 9.17) is 16.6 Å². The highest BCUT2D eigenvalue weighted by molar-refractivity contribution is 5.93. The van der Waals surface area contributed by atoms with Gasteiger partial charge in [-0.2, -0.15) is 0 Å². The molecule has 0 radical (unpaired) electrons. The van der Waals surface area contributed by atoms with Crippen LogP contribution in [0.3, 0.4) is 0 Å². The summed E-state index contributed by atoms with van der Waals surface area (Å²) in [6.07, 6.45) is 1.58. The maximum atomic E-state index is 12.8. The minimum atomic E-state index is -1.23. The zero-order valence-electron chi connectivity index (χ0n) is 16.6. The summed E-state index contributed by atoms with van der Waals surface area (Å²) < 4.78 is 0. The summed E-state index contributed by atoms with van der Waals surface area (Å²) in [6.45, 7) is -0.471. The first-order valence-corrected chi connectivity index (χ1v) is 9.54. The molecule has 1 aromatic rings. The molecular weight excluding hydrogens is 394 g/mol. The molecule has 0 bridgehead atoms. The highest BCUT2D eigenvalue weighted by atomic mass is 16.4. The number of hydrogen-bond donors (Lipinski definition) is 7. The molecule has 2 atom stereocenters. The number of carbonyl (C=O) groups excluding carboxylic acids is 3. The number of carboxylic acids is 1. The Kier molecular flexibility index (Phi) is 10.9. The lowest BCUT2D eigenvalue weighted by molar-refractivity contribution is -0.138. The molecule has 0 aliphatic rings. The van der Waals surface area contributed by atoms with Crippen molar-refractivity contribution in [2.45, 2.75) is 37.8 Å². The fraction of sp³-hybridized carbons (Fsp3) is 0.474. The van der Waals surface area contributed by atoms with E-state index in [1.54, 1.807) is 12.1 Å². The van der Waals surface area contributed by atoms with Gasteiger partial charge in [0, 0.05) is 6.42 Å². The molecule has 166 valence electrons. The van der Waals surface area contributed by atoms with Crippen LogP contribution in [-0.2, 0) is 25.6 Å². The van der Waals surface area contributed by atoms with Crippen molar-refractivity contribution in [2.24, 2.45) is 11.5 Å². The van der Waals surface area contributed by atoms with Crippen LogP contribution < -0.4 is 27.4 Å². The number of nitrogens with one attached hydrogen (secondary N) is 3. The van der Waals surface area contributed by atoms with Gasteiger partial charge in [0.15, 0.2) is 0 Å². The molecule has 1 rings (SSSR count). The number of rotatable bonds is 13. The Hall–Kier alpha value is -3.18. The highest BCUT2D eigenvalue weighted by Crippen LogP contribution is 2.12. The zero-order chi connectivity index (χ0) is 22.5. The molecule has 11 heteroatoms. The number of unbranched alkanes of at least 4 members (excludes halogenated alkanes) is 1. The summed E-state index contributed by atoms with van der Waals surface area (Å²) in [5.74, 6) is -2.99. The molecule has 1 aromatic carbocycles. The largest absolute Gasteiger partial charge is 0.508 e. The molecule has 0 saturated carbocycles. The van der Waals surface area contributed by atoms with Crippen molar-refractivity contribution in [1.29, 1.82) is 0 Å². The van der Waals surface area contributed by atoms with Crippen molar-refractivity contribution < 1.29 is 29.4 Å². The SMILES string of the molecule is NCCCC[C@H](NC(=O)CN)C(=O)N[C@@H](Cc1ccc(O)cc1)C(=O)NCC(=O)O. The molecule has 11 nitrogen and oxygen atoms in total. The first kappa shape index (κ1) is 24.9. The van der Waals surface area contributed by atoms with Gasteiger partial charge in [-0.05, 0) is 43.5 Å². The first-order valence-electron chi connectivity index (χ1n) is 9.54. The van der Waals surface area contributed by atoms with Crippen LogP contribution in [0.1, 0.15) is 24.8 Å². The predicted molar refractivity (Wildman–Crippen MR) is 108 cm³/mol. The molecule has 0 unspecified atom stereocenters. The van der Waals surface area contributed by atoms with Crippen LogP contribution in [0, 0.1) is 0 Å². The third kappa shape index (κ3) is 9.34. The Morgan fingerprint density at radius 3 is 2.17 bits per heavy atom. The zero-order valence-corrected chi connectivity index (χ0v) is 16.6. The van der Waals surface area contributed by atoms with E-state index in [0.717, 1.165) is 0 Å². The number of phenolic OH excluding ortho intramolecular Hbond substituents is 1. The smallest absolute Gasteiger partial charge is 0.322 e. The van der Waals surface area contributed by atoms with E-state index in [-0.39, 0.29) is 18.7 Å². The number of carbonyl (C=O) groups is 4. The molecule has 0 aliphatic carbocycles. The number of benzene rings is 1. The first-order chi connectivity index (χ1) is 14.3. The van der Waals surface area contributed by atoms with Gasteiger partial charge in [-0.1, -0.05) is 12.1 Å². The Morgan fingerprint density at radius 1 is 0.933 bits per heavy atom. The third-order valence-corrected chi connectivity index (χ3v) is 4.21. The van der Waals surface area contributed by atoms with Gasteiger partial charge < -0.3 is 37.6 Å². The van der Waals surface area contributed by atoms with E-state index in [2.05, 4.69) is 16.0 Å². The molecule has 30 heavy (non-hydrogen) atoms. The Morgan fingerprint density at radius 2 is 1.60 bits per heavy atom. The van der Waals surface area contributed by atoms with E-state index < -0.39 is 42.3 Å². The molecule has 0 aliphatic heterocycles. The second kappa shape index (κ2) is 13.1. The number of carboxylic acid groups (broad SMARTS) is 1. The van der Waals surface area contributed by atoms with Crippen molar-refractivity contribution in [3.8, 4) is 5.75 Å². The summed E-state index contributed by atoms with van der Waals surface area (Å²) in [4.78, 5) is 47.6. The minimum Gasteiger partial charge on any atom is -0.508 e. The second-order valence-corrected chi connectivity index (χ2v) is 6.65. The molecule has 0 heterocycles. The van der Waals surface area contributed by atoms with Gasteiger partial charge in [-0.15, -0.1) is 0 Å². The number of hydrogen-bond acceptors (Lipinski definition) is 7. The van der Waals surface area contributed by atoms with Gasteiger partial charge in [-0.3, -0.25) is 19.2 Å². The van der Waals surface area contributed by atoms with Crippen molar-refractivity contribution in [2.75, 3.05) is 19.6 Å². The van der Waals surface area contributed by atoms with Gasteiger partial charge in [0.1, 0.15) is 24.4 Å². The van der Waals surface area contributed by atoms with Gasteiger partial charge in [0.25, 0.3) is 0 Å². The maximum Gasteiger partial charge on any atom is 0.322 e. The number of aliphatic carboxylic acids is 1. The number of nitrogens with two attached hydrogens (primary N) is 2. The number of amides is 3. The molecule has 0 spiro atoms. The van der Waals surface area contributed by atoms with E-state index in [9.17, 15) is 24.3 Å². The average molecular weight is 423 g/mol. The van der Waals surface area contributed by atoms with Gasteiger partial charge in [-0.25, -0.2) is 0 Å². The lowest BCUT2D eigenvalue weighted by Crippen LogP contribution is -2.55. The summed E-state index contributed by atoms with van der Waals surface area (Å²) in [6, 6.07) is 4.01. The fourth-order valence-electron chi connectivity index (χ4n) is 2.65. The van der Waals surface area contributed by atoms with Crippen LogP contribution in [0.25, 0.3) is 0 Å². The summed E-state index contributed by atoms with van der Waals surface area (Å²) in [5.41, 5.74) is 11.4. The molecule has 3 amide bonds. The van der Waals surface area contributed by atoms with Crippen molar-refractivity contribution in [3.05, 3.63) is 29.8 Å². The Labute approximate surface area is 174 Å². The molecule has 0 saturated heterocycles. The Balaban J connectivity index is 2.94. The quantitative estimate of drug-likeness (QED) is 0.180. The van der Waals surface area contributed by atoms with E-state index in [0.29, 0.717) is 31.4 Å². The predicted octanol–water partition coefficient (Wildman–Crippen LogP) is -1.81. The van der Waals surface area contributed by atoms with E-state index >= 15 is 0 Å². The van der Waals surface area contributed by atoms with Gasteiger partial charge in [0.2, 0.25) is 17.7 Å². The molecule has 9 N–H and O–H groups in total. The van der Waals surface area contributed by atoms with E-state index in [1.807, 2.05) is 0 Å². The number of phenols is 1.